The van der Waals surface area contributed by atoms with Gasteiger partial charge in [0.2, 0.25) is 5.69 Å². The van der Waals surface area contributed by atoms with Crippen LogP contribution >= 0.6 is 34.4 Å². The molecule has 6 aromatic rings. The summed E-state index contributed by atoms with van der Waals surface area (Å²) in [6, 6.07) is 37.7. The molecule has 2 aromatic heterocycles. The Hall–Kier alpha value is -4.63. The van der Waals surface area contributed by atoms with Crippen LogP contribution < -0.4 is 29.0 Å². The molecule has 1 aliphatic heterocycles. The molecule has 1 aliphatic rings. The van der Waals surface area contributed by atoms with Crippen molar-refractivity contribution in [1.29, 1.82) is 0 Å². The summed E-state index contributed by atoms with van der Waals surface area (Å²) in [5.74, 6) is 0.837. The van der Waals surface area contributed by atoms with Gasteiger partial charge in [0, 0.05) is 29.1 Å². The Kier molecular flexibility index (Phi) is 9.71. The van der Waals surface area contributed by atoms with Crippen molar-refractivity contribution in [3.8, 4) is 27.4 Å². The molecule has 4 aromatic carbocycles. The van der Waals surface area contributed by atoms with Gasteiger partial charge in [0.1, 0.15) is 26.4 Å². The molecular formula is C41H38N3O2S3+. The van der Waals surface area contributed by atoms with E-state index in [2.05, 4.69) is 127 Å². The van der Waals surface area contributed by atoms with Crippen molar-refractivity contribution in [2.75, 3.05) is 18.6 Å². The van der Waals surface area contributed by atoms with Crippen LogP contribution in [-0.2, 0) is 13.1 Å². The molecule has 5 nitrogen and oxygen atoms in total. The average Bonchev–Trinajstić information content (AvgIpc) is 3.80. The first kappa shape index (κ1) is 32.9. The molecule has 0 radical (unpaired) electrons. The Morgan fingerprint density at radius 1 is 0.816 bits per heavy atom. The number of hydrogen-bond donors (Lipinski definition) is 0. The maximum Gasteiger partial charge on any atom is 0.269 e. The van der Waals surface area contributed by atoms with Crippen molar-refractivity contribution >= 4 is 51.8 Å². The highest BCUT2D eigenvalue weighted by atomic mass is 32.2. The van der Waals surface area contributed by atoms with Gasteiger partial charge in [-0.05, 0) is 68.3 Å². The first-order valence-corrected chi connectivity index (χ1v) is 19.0. The van der Waals surface area contributed by atoms with Gasteiger partial charge in [-0.2, -0.15) is 4.57 Å². The molecule has 0 spiro atoms. The van der Waals surface area contributed by atoms with Gasteiger partial charge in [0.05, 0.1) is 23.9 Å². The van der Waals surface area contributed by atoms with Crippen molar-refractivity contribution < 1.29 is 9.30 Å². The molecule has 49 heavy (non-hydrogen) atoms. The summed E-state index contributed by atoms with van der Waals surface area (Å²) in [5.41, 5.74) is 6.71. The second-order valence-electron chi connectivity index (χ2n) is 11.5. The van der Waals surface area contributed by atoms with E-state index >= 15 is 0 Å². The number of ether oxygens (including phenoxy) is 1. The van der Waals surface area contributed by atoms with Crippen LogP contribution in [0.1, 0.15) is 31.3 Å². The van der Waals surface area contributed by atoms with Crippen LogP contribution in [-0.4, -0.2) is 18.2 Å². The van der Waals surface area contributed by atoms with Crippen molar-refractivity contribution in [3.05, 3.63) is 150 Å². The topological polar surface area (TPSA) is 38.4 Å². The van der Waals surface area contributed by atoms with E-state index in [9.17, 15) is 4.79 Å². The monoisotopic (exact) mass is 700 g/mol. The van der Waals surface area contributed by atoms with E-state index in [1.54, 1.807) is 41.5 Å². The number of hydrogen-bond acceptors (Lipinski definition) is 6. The van der Waals surface area contributed by atoms with Crippen LogP contribution in [0.15, 0.2) is 130 Å². The molecule has 8 heteroatoms. The Morgan fingerprint density at radius 3 is 2.12 bits per heavy atom. The van der Waals surface area contributed by atoms with Crippen LogP contribution in [0.5, 0.6) is 5.75 Å². The van der Waals surface area contributed by atoms with Gasteiger partial charge in [-0.3, -0.25) is 9.36 Å². The Morgan fingerprint density at radius 2 is 1.49 bits per heavy atom. The number of anilines is 1. The van der Waals surface area contributed by atoms with Gasteiger partial charge in [0.25, 0.3) is 10.6 Å². The second kappa shape index (κ2) is 14.5. The molecule has 0 aliphatic carbocycles. The SMILES string of the molecule is CCN1/C(=C/C(c2ccccc2)=c2\s/c(=C/c3sc(-c4ccccc4)c(-c4ccccc4)[n+]3CC)n(CC)c2=O)Sc2cc(OC)ccc21. The Bertz CT molecular complexity index is 2320. The van der Waals surface area contributed by atoms with E-state index in [0.29, 0.717) is 6.54 Å². The number of fused-ring (bicyclic) bond motifs is 1. The van der Waals surface area contributed by atoms with Gasteiger partial charge in [0.15, 0.2) is 0 Å². The van der Waals surface area contributed by atoms with Crippen molar-refractivity contribution in [3.63, 3.8) is 0 Å². The fourth-order valence-corrected chi connectivity index (χ4v) is 10.1. The summed E-state index contributed by atoms with van der Waals surface area (Å²) < 4.78 is 11.5. The van der Waals surface area contributed by atoms with E-state index in [0.717, 1.165) is 59.8 Å². The summed E-state index contributed by atoms with van der Waals surface area (Å²) in [7, 11) is 1.70. The number of allylic oxidation sites excluding steroid dienone is 1. The molecule has 0 fully saturated rings. The smallest absolute Gasteiger partial charge is 0.269 e. The summed E-state index contributed by atoms with van der Waals surface area (Å²) >= 11 is 5.07. The summed E-state index contributed by atoms with van der Waals surface area (Å²) in [6.45, 7) is 8.60. The molecule has 246 valence electrons. The Labute approximate surface area is 299 Å². The molecule has 0 bridgehead atoms. The van der Waals surface area contributed by atoms with Crippen LogP contribution in [0.25, 0.3) is 33.3 Å². The molecule has 0 saturated carbocycles. The fourth-order valence-electron chi connectivity index (χ4n) is 6.31. The normalized spacial score (nSPS) is 14.4. The number of thiazole rings is 2. The minimum absolute atomic E-state index is 0.0332. The standard InChI is InChI=1S/C41H38N3O2S3/c1-5-42-33-24-23-31(46-4)25-34(33)47-35(42)26-32(28-17-11-8-12-18-28)40-41(45)44(7-3)37(49-40)27-36-43(6-2)38(29-19-13-9-14-20-29)39(48-36)30-21-15-10-16-22-30/h8-27H,5-7H2,1-4H3/q+1/b35-26-,40-32+. The summed E-state index contributed by atoms with van der Waals surface area (Å²) in [6.07, 6.45) is 4.41. The number of aromatic nitrogens is 2. The maximum absolute atomic E-state index is 14.4. The summed E-state index contributed by atoms with van der Waals surface area (Å²) in [5, 5.41) is 2.20. The zero-order chi connectivity index (χ0) is 33.9. The largest absolute Gasteiger partial charge is 0.497 e. The lowest BCUT2D eigenvalue weighted by Gasteiger charge is -2.18. The number of thioether (sulfide) groups is 1. The van der Waals surface area contributed by atoms with Crippen molar-refractivity contribution in [2.24, 2.45) is 0 Å². The first-order chi connectivity index (χ1) is 24.0. The summed E-state index contributed by atoms with van der Waals surface area (Å²) in [4.78, 5) is 19.1. The van der Waals surface area contributed by atoms with E-state index < -0.39 is 0 Å². The lowest BCUT2D eigenvalue weighted by atomic mass is 10.1. The highest BCUT2D eigenvalue weighted by Gasteiger charge is 2.28. The number of nitrogens with zero attached hydrogens (tertiary/aromatic N) is 3. The number of benzene rings is 4. The van der Waals surface area contributed by atoms with E-state index in [1.807, 2.05) is 28.8 Å². The van der Waals surface area contributed by atoms with Gasteiger partial charge in [-0.1, -0.05) is 102 Å². The van der Waals surface area contributed by atoms with E-state index in [-0.39, 0.29) is 5.56 Å². The highest BCUT2D eigenvalue weighted by Crippen LogP contribution is 2.47. The number of rotatable bonds is 9. The first-order valence-electron chi connectivity index (χ1n) is 16.6. The number of methoxy groups -OCH3 is 1. The third kappa shape index (κ3) is 6.32. The maximum atomic E-state index is 14.4. The van der Waals surface area contributed by atoms with E-state index in [1.165, 1.54) is 21.7 Å². The molecule has 3 heterocycles. The average molecular weight is 701 g/mol. The second-order valence-corrected chi connectivity index (χ2v) is 14.6. The predicted octanol–water partition coefficient (Wildman–Crippen LogP) is 8.14. The van der Waals surface area contributed by atoms with Crippen LogP contribution in [0, 0.1) is 0 Å². The predicted molar refractivity (Wildman–Crippen MR) is 207 cm³/mol. The third-order valence-electron chi connectivity index (χ3n) is 8.68. The third-order valence-corrected chi connectivity index (χ3v) is 12.1. The van der Waals surface area contributed by atoms with Crippen molar-refractivity contribution in [1.82, 2.24) is 4.57 Å². The molecule has 0 atom stereocenters. The molecule has 7 rings (SSSR count). The Balaban J connectivity index is 1.46. The molecule has 0 saturated heterocycles. The van der Waals surface area contributed by atoms with Gasteiger partial charge < -0.3 is 9.64 Å². The van der Waals surface area contributed by atoms with E-state index in [4.69, 9.17) is 4.74 Å². The zero-order valence-corrected chi connectivity index (χ0v) is 30.5. The van der Waals surface area contributed by atoms with Gasteiger partial charge in [-0.15, -0.1) is 11.3 Å². The van der Waals surface area contributed by atoms with Crippen LogP contribution in [0.4, 0.5) is 5.69 Å². The molecule has 0 unspecified atom stereocenters. The minimum Gasteiger partial charge on any atom is -0.497 e. The quantitative estimate of drug-likeness (QED) is 0.143. The van der Waals surface area contributed by atoms with Crippen molar-refractivity contribution in [2.45, 2.75) is 38.8 Å². The lowest BCUT2D eigenvalue weighted by molar-refractivity contribution is -0.679. The minimum atomic E-state index is 0.0332. The van der Waals surface area contributed by atoms with Gasteiger partial charge in [-0.25, -0.2) is 0 Å². The molecular weight excluding hydrogens is 663 g/mol. The van der Waals surface area contributed by atoms with Crippen LogP contribution in [0.3, 0.4) is 0 Å². The van der Waals surface area contributed by atoms with Gasteiger partial charge >= 0.3 is 0 Å². The molecule has 0 N–H and O–H groups in total. The molecule has 0 amide bonds. The fraction of sp³-hybridized carbons (Fsp3) is 0.171. The zero-order valence-electron chi connectivity index (χ0n) is 28.1. The van der Waals surface area contributed by atoms with Crippen LogP contribution in [0.2, 0.25) is 0 Å². The lowest BCUT2D eigenvalue weighted by Crippen LogP contribution is -2.37. The highest BCUT2D eigenvalue weighted by molar-refractivity contribution is 8.03.